The van der Waals surface area contributed by atoms with Crippen molar-refractivity contribution in [3.05, 3.63) is 59.7 Å². The standard InChI is InChI=1S/C18H21N3O2/c19-18(20-10-8-14-4-2-1-3-5-14)21-11-9-15-6-7-16-17(12-15)23-13-22-16/h1-7,12H,8-11,13H2,(H3,19,20,21). The molecule has 1 heterocycles. The molecule has 23 heavy (non-hydrogen) atoms. The number of fused-ring (bicyclic) bond motifs is 1. The Balaban J connectivity index is 1.40. The highest BCUT2D eigenvalue weighted by atomic mass is 16.7. The van der Waals surface area contributed by atoms with E-state index in [9.17, 15) is 0 Å². The second-order valence-corrected chi connectivity index (χ2v) is 5.37. The lowest BCUT2D eigenvalue weighted by molar-refractivity contribution is 0.174. The minimum Gasteiger partial charge on any atom is -0.454 e. The fourth-order valence-electron chi connectivity index (χ4n) is 2.44. The van der Waals surface area contributed by atoms with E-state index in [1.54, 1.807) is 0 Å². The van der Waals surface area contributed by atoms with E-state index in [4.69, 9.17) is 15.2 Å². The SMILES string of the molecule is NC(=NCCc1ccccc1)NCCc1ccc2c(c1)OCO2. The largest absolute Gasteiger partial charge is 0.454 e. The van der Waals surface area contributed by atoms with E-state index >= 15 is 0 Å². The van der Waals surface area contributed by atoms with Crippen LogP contribution in [0.4, 0.5) is 0 Å². The van der Waals surface area contributed by atoms with E-state index in [-0.39, 0.29) is 0 Å². The molecule has 0 saturated carbocycles. The summed E-state index contributed by atoms with van der Waals surface area (Å²) in [4.78, 5) is 4.35. The van der Waals surface area contributed by atoms with Crippen LogP contribution in [0.15, 0.2) is 53.5 Å². The number of benzene rings is 2. The smallest absolute Gasteiger partial charge is 0.231 e. The van der Waals surface area contributed by atoms with E-state index in [0.717, 1.165) is 30.9 Å². The van der Waals surface area contributed by atoms with Gasteiger partial charge in [0.25, 0.3) is 0 Å². The molecule has 0 radical (unpaired) electrons. The average molecular weight is 311 g/mol. The molecule has 1 aliphatic heterocycles. The van der Waals surface area contributed by atoms with Crippen molar-refractivity contribution >= 4 is 5.96 Å². The van der Waals surface area contributed by atoms with Gasteiger partial charge in [-0.15, -0.1) is 0 Å². The molecule has 120 valence electrons. The predicted octanol–water partition coefficient (Wildman–Crippen LogP) is 2.10. The van der Waals surface area contributed by atoms with Crippen LogP contribution in [0.25, 0.3) is 0 Å². The van der Waals surface area contributed by atoms with Gasteiger partial charge >= 0.3 is 0 Å². The average Bonchev–Trinajstić information content (AvgIpc) is 3.03. The molecule has 5 nitrogen and oxygen atoms in total. The molecule has 3 N–H and O–H groups in total. The minimum absolute atomic E-state index is 0.304. The Morgan fingerprint density at radius 3 is 2.70 bits per heavy atom. The van der Waals surface area contributed by atoms with Crippen LogP contribution in [0.3, 0.4) is 0 Å². The van der Waals surface area contributed by atoms with E-state index in [0.29, 0.717) is 19.3 Å². The van der Waals surface area contributed by atoms with E-state index in [1.807, 2.05) is 36.4 Å². The highest BCUT2D eigenvalue weighted by Crippen LogP contribution is 2.32. The zero-order chi connectivity index (χ0) is 15.9. The number of nitrogens with zero attached hydrogens (tertiary/aromatic N) is 1. The summed E-state index contributed by atoms with van der Waals surface area (Å²) >= 11 is 0. The third-order valence-corrected chi connectivity index (χ3v) is 3.68. The number of ether oxygens (including phenoxy) is 2. The first-order chi connectivity index (χ1) is 11.3. The molecular weight excluding hydrogens is 290 g/mol. The summed E-state index contributed by atoms with van der Waals surface area (Å²) in [6.45, 7) is 1.73. The van der Waals surface area contributed by atoms with Gasteiger partial charge in [-0.2, -0.15) is 0 Å². The fourth-order valence-corrected chi connectivity index (χ4v) is 2.44. The first-order valence-electron chi connectivity index (χ1n) is 7.77. The Morgan fingerprint density at radius 1 is 1.00 bits per heavy atom. The number of nitrogens with one attached hydrogen (secondary N) is 1. The van der Waals surface area contributed by atoms with Gasteiger partial charge in [0.1, 0.15) is 0 Å². The van der Waals surface area contributed by atoms with Crippen LogP contribution in [0, 0.1) is 0 Å². The van der Waals surface area contributed by atoms with Crippen molar-refractivity contribution in [2.45, 2.75) is 12.8 Å². The number of hydrogen-bond acceptors (Lipinski definition) is 3. The first-order valence-corrected chi connectivity index (χ1v) is 7.77. The zero-order valence-corrected chi connectivity index (χ0v) is 13.0. The Bertz CT molecular complexity index is 671. The van der Waals surface area contributed by atoms with Gasteiger partial charge in [0.15, 0.2) is 17.5 Å². The molecule has 0 bridgehead atoms. The minimum atomic E-state index is 0.304. The summed E-state index contributed by atoms with van der Waals surface area (Å²) in [6, 6.07) is 16.3. The summed E-state index contributed by atoms with van der Waals surface area (Å²) in [6.07, 6.45) is 1.75. The van der Waals surface area contributed by atoms with Gasteiger partial charge in [-0.1, -0.05) is 36.4 Å². The molecule has 3 rings (SSSR count). The quantitative estimate of drug-likeness (QED) is 0.633. The van der Waals surface area contributed by atoms with Crippen LogP contribution in [-0.2, 0) is 12.8 Å². The highest BCUT2D eigenvalue weighted by Gasteiger charge is 2.12. The van der Waals surface area contributed by atoms with Crippen molar-refractivity contribution in [2.24, 2.45) is 10.7 Å². The summed E-state index contributed by atoms with van der Waals surface area (Å²) in [5, 5.41) is 3.14. The molecule has 1 aliphatic rings. The third-order valence-electron chi connectivity index (χ3n) is 3.68. The number of rotatable bonds is 6. The van der Waals surface area contributed by atoms with E-state index in [1.165, 1.54) is 11.1 Å². The van der Waals surface area contributed by atoms with Crippen molar-refractivity contribution in [1.29, 1.82) is 0 Å². The molecule has 0 saturated heterocycles. The molecule has 0 aliphatic carbocycles. The summed E-state index contributed by atoms with van der Waals surface area (Å²) in [5.74, 6) is 2.11. The molecule has 2 aromatic rings. The van der Waals surface area contributed by atoms with Gasteiger partial charge in [-0.25, -0.2) is 0 Å². The number of guanidine groups is 1. The molecule has 0 atom stereocenters. The lowest BCUT2D eigenvalue weighted by Gasteiger charge is -2.06. The number of nitrogens with two attached hydrogens (primary N) is 1. The maximum Gasteiger partial charge on any atom is 0.231 e. The first kappa shape index (κ1) is 15.2. The van der Waals surface area contributed by atoms with Gasteiger partial charge in [-0.05, 0) is 36.1 Å². The van der Waals surface area contributed by atoms with Crippen LogP contribution in [0.2, 0.25) is 0 Å². The molecule has 2 aromatic carbocycles. The lowest BCUT2D eigenvalue weighted by Crippen LogP contribution is -2.33. The second-order valence-electron chi connectivity index (χ2n) is 5.37. The highest BCUT2D eigenvalue weighted by molar-refractivity contribution is 5.77. The Hall–Kier alpha value is -2.69. The van der Waals surface area contributed by atoms with E-state index < -0.39 is 0 Å². The van der Waals surface area contributed by atoms with E-state index in [2.05, 4.69) is 22.4 Å². The normalized spacial score (nSPS) is 13.1. The van der Waals surface area contributed by atoms with Gasteiger partial charge < -0.3 is 20.5 Å². The van der Waals surface area contributed by atoms with Crippen LogP contribution < -0.4 is 20.5 Å². The second kappa shape index (κ2) is 7.54. The van der Waals surface area contributed by atoms with Crippen molar-refractivity contribution in [1.82, 2.24) is 5.32 Å². The Morgan fingerprint density at radius 2 is 1.83 bits per heavy atom. The molecular formula is C18H21N3O2. The van der Waals surface area contributed by atoms with Crippen molar-refractivity contribution in [3.8, 4) is 11.5 Å². The van der Waals surface area contributed by atoms with Crippen LogP contribution in [0.5, 0.6) is 11.5 Å². The van der Waals surface area contributed by atoms with Crippen LogP contribution >= 0.6 is 0 Å². The lowest BCUT2D eigenvalue weighted by atomic mass is 10.1. The van der Waals surface area contributed by atoms with Crippen LogP contribution in [-0.4, -0.2) is 25.8 Å². The molecule has 0 unspecified atom stereocenters. The van der Waals surface area contributed by atoms with Gasteiger partial charge in [0.05, 0.1) is 0 Å². The van der Waals surface area contributed by atoms with Crippen LogP contribution in [0.1, 0.15) is 11.1 Å². The van der Waals surface area contributed by atoms with Gasteiger partial charge in [-0.3, -0.25) is 4.99 Å². The maximum absolute atomic E-state index is 5.89. The molecule has 0 spiro atoms. The summed E-state index contributed by atoms with van der Waals surface area (Å²) < 4.78 is 10.7. The summed E-state index contributed by atoms with van der Waals surface area (Å²) in [7, 11) is 0. The Labute approximate surface area is 136 Å². The molecule has 0 amide bonds. The number of aliphatic imine (C=N–C) groups is 1. The van der Waals surface area contributed by atoms with Crippen molar-refractivity contribution in [2.75, 3.05) is 19.9 Å². The predicted molar refractivity (Wildman–Crippen MR) is 90.9 cm³/mol. The Kier molecular flexibility index (Phi) is 4.99. The monoisotopic (exact) mass is 311 g/mol. The third kappa shape index (κ3) is 4.39. The number of hydrogen-bond donors (Lipinski definition) is 2. The van der Waals surface area contributed by atoms with Gasteiger partial charge in [0, 0.05) is 13.1 Å². The van der Waals surface area contributed by atoms with Crippen molar-refractivity contribution in [3.63, 3.8) is 0 Å². The molecule has 0 aromatic heterocycles. The zero-order valence-electron chi connectivity index (χ0n) is 13.0. The fraction of sp³-hybridized carbons (Fsp3) is 0.278. The summed E-state index contributed by atoms with van der Waals surface area (Å²) in [5.41, 5.74) is 8.33. The molecule has 5 heteroatoms. The maximum atomic E-state index is 5.89. The van der Waals surface area contributed by atoms with Gasteiger partial charge in [0.2, 0.25) is 6.79 Å². The topological polar surface area (TPSA) is 68.9 Å². The van der Waals surface area contributed by atoms with Crippen molar-refractivity contribution < 1.29 is 9.47 Å². The molecule has 0 fully saturated rings.